The lowest BCUT2D eigenvalue weighted by molar-refractivity contribution is -0.00645. The Kier molecular flexibility index (Phi) is 10.7. The molecule has 10 nitrogen and oxygen atoms in total. The summed E-state index contributed by atoms with van der Waals surface area (Å²) in [6, 6.07) is 10.9. The molecule has 3 heterocycles. The van der Waals surface area contributed by atoms with E-state index in [1.165, 1.54) is 16.0 Å². The van der Waals surface area contributed by atoms with Crippen LogP contribution in [0.2, 0.25) is 5.02 Å². The highest BCUT2D eigenvalue weighted by Crippen LogP contribution is 2.45. The SMILES string of the molecule is CC[C@H]1CN2C[C@@]3(CCCc4cc(Cl)ccc43)COc3ccc(cc32)C(=O)N=S(=O)(NC(=O)N2CC(OC)C2)C[C@@H](C)C/C=C\[C@H](O)[C@@H]1C. The zero-order valence-corrected chi connectivity index (χ0v) is 30.5. The number of benzene rings is 2. The molecule has 2 N–H and O–H groups in total. The maximum Gasteiger partial charge on any atom is 0.330 e. The Morgan fingerprint density at radius 2 is 2.00 bits per heavy atom. The molecule has 1 aliphatic carbocycles. The minimum absolute atomic E-state index is 0.0221. The van der Waals surface area contributed by atoms with E-state index in [9.17, 15) is 18.9 Å². The number of halogens is 1. The van der Waals surface area contributed by atoms with Crippen LogP contribution in [-0.2, 0) is 26.5 Å². The van der Waals surface area contributed by atoms with Gasteiger partial charge in [0.25, 0.3) is 5.91 Å². The van der Waals surface area contributed by atoms with Gasteiger partial charge in [-0.05, 0) is 84.9 Å². The molecule has 4 aliphatic rings. The van der Waals surface area contributed by atoms with Crippen molar-refractivity contribution >= 4 is 39.1 Å². The molecule has 3 amide bonds. The molecule has 2 aromatic carbocycles. The summed E-state index contributed by atoms with van der Waals surface area (Å²) in [4.78, 5) is 30.8. The molecule has 3 aliphatic heterocycles. The average Bonchev–Trinajstić information content (AvgIpc) is 3.18. The smallest absolute Gasteiger partial charge is 0.330 e. The first-order valence-electron chi connectivity index (χ1n) is 17.5. The number of hydrogen-bond acceptors (Lipinski definition) is 7. The van der Waals surface area contributed by atoms with Crippen molar-refractivity contribution in [3.63, 3.8) is 0 Å². The summed E-state index contributed by atoms with van der Waals surface area (Å²) in [6.07, 6.45) is 7.23. The van der Waals surface area contributed by atoms with Crippen molar-refractivity contribution in [2.45, 2.75) is 70.5 Å². The molecule has 49 heavy (non-hydrogen) atoms. The lowest BCUT2D eigenvalue weighted by Gasteiger charge is -2.42. The summed E-state index contributed by atoms with van der Waals surface area (Å²) in [5.74, 6) is -0.132. The number of anilines is 1. The van der Waals surface area contributed by atoms with Crippen molar-refractivity contribution in [2.75, 3.05) is 50.5 Å². The van der Waals surface area contributed by atoms with E-state index in [4.69, 9.17) is 21.1 Å². The first kappa shape index (κ1) is 35.7. The van der Waals surface area contributed by atoms with Gasteiger partial charge >= 0.3 is 6.03 Å². The number of aliphatic hydroxyl groups excluding tert-OH is 1. The normalized spacial score (nSPS) is 31.5. The van der Waals surface area contributed by atoms with Gasteiger partial charge in [0.2, 0.25) is 0 Å². The molecule has 1 fully saturated rings. The number of methoxy groups -OCH3 is 1. The summed E-state index contributed by atoms with van der Waals surface area (Å²) in [5.41, 5.74) is 3.20. The third kappa shape index (κ3) is 7.65. The van der Waals surface area contributed by atoms with Gasteiger partial charge in [0.15, 0.2) is 0 Å². The second-order valence-corrected chi connectivity index (χ2v) is 16.9. The van der Waals surface area contributed by atoms with Gasteiger partial charge < -0.3 is 24.4 Å². The molecule has 0 aromatic heterocycles. The molecule has 2 bridgehead atoms. The van der Waals surface area contributed by atoms with Gasteiger partial charge in [-0.15, -0.1) is 4.36 Å². The summed E-state index contributed by atoms with van der Waals surface area (Å²) < 4.78 is 33.1. The van der Waals surface area contributed by atoms with Crippen LogP contribution in [0.3, 0.4) is 0 Å². The van der Waals surface area contributed by atoms with E-state index < -0.39 is 28.0 Å². The second kappa shape index (κ2) is 14.6. The van der Waals surface area contributed by atoms with E-state index in [1.54, 1.807) is 25.3 Å². The third-order valence-corrected chi connectivity index (χ3v) is 13.1. The highest BCUT2D eigenvalue weighted by atomic mass is 35.5. The molecule has 1 unspecified atom stereocenters. The molecule has 6 rings (SSSR count). The van der Waals surface area contributed by atoms with Gasteiger partial charge in [0.1, 0.15) is 15.7 Å². The fourth-order valence-electron chi connectivity index (χ4n) is 7.80. The molecule has 0 saturated carbocycles. The first-order valence-corrected chi connectivity index (χ1v) is 19.5. The fraction of sp³-hybridized carbons (Fsp3) is 0.568. The molecule has 12 heteroatoms. The second-order valence-electron chi connectivity index (χ2n) is 14.4. The lowest BCUT2D eigenvalue weighted by Crippen LogP contribution is -2.58. The Labute approximate surface area is 295 Å². The van der Waals surface area contributed by atoms with Crippen molar-refractivity contribution in [1.82, 2.24) is 9.62 Å². The highest BCUT2D eigenvalue weighted by molar-refractivity contribution is 7.92. The Morgan fingerprint density at radius 3 is 2.76 bits per heavy atom. The average molecular weight is 713 g/mol. The van der Waals surface area contributed by atoms with Crippen LogP contribution in [0.1, 0.15) is 67.9 Å². The number of amides is 3. The standard InChI is InChI=1S/C37H49ClN4O6S/c1-5-26-18-42-22-37(15-7-9-27-16-29(38)12-13-31(27)37)23-48-34-14-11-28(17-32(34)42)35(44)39-49(46,40-36(45)41-19-30(20-41)47-4)21-24(2)8-6-10-33(43)25(26)3/h6,10-14,16-17,24-26,30,33,43H,5,7-9,15,18-23H2,1-4H3,(H,39,40,44,45,46)/b10-6-/t24-,25+,26-,33-,37-,49?/m0/s1. The monoisotopic (exact) mass is 712 g/mol. The maximum atomic E-state index is 14.3. The van der Waals surface area contributed by atoms with E-state index in [0.717, 1.165) is 36.4 Å². The summed E-state index contributed by atoms with van der Waals surface area (Å²) in [7, 11) is -1.92. The minimum atomic E-state index is -3.51. The van der Waals surface area contributed by atoms with Crippen molar-refractivity contribution in [3.05, 3.63) is 70.3 Å². The van der Waals surface area contributed by atoms with Crippen LogP contribution >= 0.6 is 11.6 Å². The van der Waals surface area contributed by atoms with Crippen LogP contribution < -0.4 is 14.4 Å². The topological polar surface area (TPSA) is 121 Å². The Morgan fingerprint density at radius 1 is 1.20 bits per heavy atom. The number of urea groups is 1. The van der Waals surface area contributed by atoms with Gasteiger partial charge in [-0.3, -0.25) is 9.52 Å². The fourth-order valence-corrected chi connectivity index (χ4v) is 9.88. The molecule has 2 aromatic rings. The van der Waals surface area contributed by atoms with E-state index >= 15 is 0 Å². The highest BCUT2D eigenvalue weighted by Gasteiger charge is 2.43. The molecule has 266 valence electrons. The van der Waals surface area contributed by atoms with Gasteiger partial charge in [0, 0.05) is 36.2 Å². The number of carbonyl (C=O) groups is 2. The number of nitrogens with zero attached hydrogens (tertiary/aromatic N) is 3. The van der Waals surface area contributed by atoms with Crippen molar-refractivity contribution in [3.8, 4) is 5.75 Å². The summed E-state index contributed by atoms with van der Waals surface area (Å²) in [5, 5.41) is 12.1. The third-order valence-electron chi connectivity index (χ3n) is 10.9. The lowest BCUT2D eigenvalue weighted by atomic mass is 9.70. The maximum absolute atomic E-state index is 14.3. The van der Waals surface area contributed by atoms with Crippen LogP contribution in [-0.4, -0.2) is 84.0 Å². The zero-order chi connectivity index (χ0) is 34.9. The van der Waals surface area contributed by atoms with Crippen molar-refractivity contribution in [1.29, 1.82) is 0 Å². The van der Waals surface area contributed by atoms with Crippen LogP contribution in [0.15, 0.2) is 52.9 Å². The van der Waals surface area contributed by atoms with Crippen LogP contribution in [0.5, 0.6) is 5.75 Å². The van der Waals surface area contributed by atoms with Gasteiger partial charge in [-0.2, -0.15) is 0 Å². The minimum Gasteiger partial charge on any atom is -0.490 e. The number of ether oxygens (including phenoxy) is 2. The molecule has 1 saturated heterocycles. The number of fused-ring (bicyclic) bond motifs is 3. The van der Waals surface area contributed by atoms with E-state index in [2.05, 4.69) is 40.0 Å². The van der Waals surface area contributed by atoms with Crippen molar-refractivity contribution < 1.29 is 28.4 Å². The Balaban J connectivity index is 1.42. The molecular formula is C37H49ClN4O6S. The number of allylic oxidation sites excluding steroid dienone is 1. The van der Waals surface area contributed by atoms with E-state index in [1.807, 2.05) is 25.1 Å². The molecular weight excluding hydrogens is 664 g/mol. The first-order chi connectivity index (χ1) is 23.4. The molecule has 0 radical (unpaired) electrons. The van der Waals surface area contributed by atoms with E-state index in [0.29, 0.717) is 45.0 Å². The summed E-state index contributed by atoms with van der Waals surface area (Å²) >= 11 is 6.43. The number of aryl methyl sites for hydroxylation is 1. The van der Waals surface area contributed by atoms with Crippen LogP contribution in [0, 0.1) is 17.8 Å². The number of aliphatic hydroxyl groups is 1. The van der Waals surface area contributed by atoms with Gasteiger partial charge in [0.05, 0.1) is 43.3 Å². The number of carbonyl (C=O) groups excluding carboxylic acids is 2. The predicted molar refractivity (Wildman–Crippen MR) is 193 cm³/mol. The number of likely N-dealkylation sites (tertiary alicyclic amines) is 1. The molecule has 6 atom stereocenters. The van der Waals surface area contributed by atoms with Gasteiger partial charge in [-0.1, -0.05) is 57.0 Å². The quantitative estimate of drug-likeness (QED) is 0.375. The Hall–Kier alpha value is -3.12. The van der Waals surface area contributed by atoms with Gasteiger partial charge in [-0.25, -0.2) is 9.00 Å². The summed E-state index contributed by atoms with van der Waals surface area (Å²) in [6.45, 7) is 8.65. The van der Waals surface area contributed by atoms with Crippen LogP contribution in [0.4, 0.5) is 10.5 Å². The number of rotatable bonds is 3. The number of hydrogen-bond donors (Lipinski definition) is 2. The van der Waals surface area contributed by atoms with Crippen molar-refractivity contribution in [2.24, 2.45) is 22.1 Å². The van der Waals surface area contributed by atoms with Crippen LogP contribution in [0.25, 0.3) is 0 Å². The number of nitrogens with one attached hydrogen (secondary N) is 1. The van der Waals surface area contributed by atoms with E-state index in [-0.39, 0.29) is 40.6 Å². The zero-order valence-electron chi connectivity index (χ0n) is 28.9. The molecule has 1 spiro atoms. The largest absolute Gasteiger partial charge is 0.490 e. The predicted octanol–water partition coefficient (Wildman–Crippen LogP) is 6.00. The Bertz CT molecular complexity index is 1720.